The smallest absolute Gasteiger partial charge is 0.255 e. The van der Waals surface area contributed by atoms with Crippen LogP contribution < -0.4 is 21.1 Å². The van der Waals surface area contributed by atoms with Gasteiger partial charge in [0, 0.05) is 38.1 Å². The fourth-order valence-electron chi connectivity index (χ4n) is 4.60. The summed E-state index contributed by atoms with van der Waals surface area (Å²) >= 11 is 0. The molecule has 1 heterocycles. The summed E-state index contributed by atoms with van der Waals surface area (Å²) in [6, 6.07) is 7.63. The number of nitrogens with zero attached hydrogens (tertiary/aromatic N) is 2. The molecule has 0 radical (unpaired) electrons. The van der Waals surface area contributed by atoms with Crippen LogP contribution in [0.5, 0.6) is 5.75 Å². The molecule has 0 atom stereocenters. The highest BCUT2D eigenvalue weighted by molar-refractivity contribution is 14.0. The number of hydrogen-bond donors (Lipinski definition) is 3. The van der Waals surface area contributed by atoms with Gasteiger partial charge in [-0.05, 0) is 37.5 Å². The maximum absolute atomic E-state index is 10.9. The Morgan fingerprint density at radius 1 is 1.21 bits per heavy atom. The maximum atomic E-state index is 10.9. The molecule has 1 saturated heterocycles. The lowest BCUT2D eigenvalue weighted by Gasteiger charge is -2.42. The highest BCUT2D eigenvalue weighted by atomic mass is 127. The number of nitrogens with two attached hydrogens (primary N) is 1. The minimum Gasteiger partial charge on any atom is -0.484 e. The zero-order valence-corrected chi connectivity index (χ0v) is 22.1. The lowest BCUT2D eigenvalue weighted by Crippen LogP contribution is -2.51. The Hall–Kier alpha value is -1.59. The zero-order valence-electron chi connectivity index (χ0n) is 19.8. The molecule has 1 aliphatic carbocycles. The van der Waals surface area contributed by atoms with Crippen LogP contribution in [0, 0.1) is 5.41 Å². The van der Waals surface area contributed by atoms with Crippen LogP contribution in [-0.2, 0) is 16.1 Å². The van der Waals surface area contributed by atoms with Crippen molar-refractivity contribution >= 4 is 35.8 Å². The number of rotatable bonds is 10. The van der Waals surface area contributed by atoms with E-state index in [1.165, 1.54) is 32.1 Å². The van der Waals surface area contributed by atoms with Crippen LogP contribution in [0.15, 0.2) is 29.3 Å². The van der Waals surface area contributed by atoms with E-state index in [4.69, 9.17) is 20.2 Å². The Morgan fingerprint density at radius 3 is 2.67 bits per heavy atom. The number of halogens is 1. The van der Waals surface area contributed by atoms with Crippen molar-refractivity contribution in [3.8, 4) is 5.75 Å². The van der Waals surface area contributed by atoms with E-state index in [0.717, 1.165) is 57.5 Å². The molecule has 1 aliphatic heterocycles. The van der Waals surface area contributed by atoms with Crippen molar-refractivity contribution in [2.24, 2.45) is 16.1 Å². The highest BCUT2D eigenvalue weighted by Gasteiger charge is 2.34. The van der Waals surface area contributed by atoms with Gasteiger partial charge in [0.1, 0.15) is 5.75 Å². The fourth-order valence-corrected chi connectivity index (χ4v) is 4.60. The van der Waals surface area contributed by atoms with Gasteiger partial charge in [-0.15, -0.1) is 24.0 Å². The van der Waals surface area contributed by atoms with Crippen LogP contribution in [-0.4, -0.2) is 69.3 Å². The van der Waals surface area contributed by atoms with Crippen molar-refractivity contribution in [1.29, 1.82) is 0 Å². The molecule has 4 N–H and O–H groups in total. The average molecular weight is 574 g/mol. The quantitative estimate of drug-likeness (QED) is 0.226. The number of benzene rings is 1. The Bertz CT molecular complexity index is 749. The fraction of sp³-hybridized carbons (Fsp3) is 0.667. The number of primary amides is 1. The van der Waals surface area contributed by atoms with Crippen LogP contribution in [0.25, 0.3) is 0 Å². The summed E-state index contributed by atoms with van der Waals surface area (Å²) < 4.78 is 10.9. The summed E-state index contributed by atoms with van der Waals surface area (Å²) in [6.45, 7) is 9.10. The molecule has 0 aromatic heterocycles. The molecule has 1 saturated carbocycles. The number of guanidine groups is 1. The standard InChI is InChI=1S/C24H39N5O3.HI/c1-2-26-23(27-16-20-7-6-8-21(15-20)32-17-22(25)30)28-18-24(9-4-3-5-10-24)19-29-11-13-31-14-12-29;/h6-8,15H,2-5,9-14,16-19H2,1H3,(H2,25,30)(H2,26,27,28);1H. The first-order chi connectivity index (χ1) is 15.6. The number of amides is 1. The number of aliphatic imine (C=N–C) groups is 1. The number of hydrogen-bond acceptors (Lipinski definition) is 5. The molecular formula is C24H40IN5O3. The largest absolute Gasteiger partial charge is 0.484 e. The Balaban J connectivity index is 0.00000385. The number of ether oxygens (including phenoxy) is 2. The first-order valence-corrected chi connectivity index (χ1v) is 11.9. The van der Waals surface area contributed by atoms with Gasteiger partial charge in [0.15, 0.2) is 12.6 Å². The molecule has 1 aromatic carbocycles. The third-order valence-corrected chi connectivity index (χ3v) is 6.25. The minimum atomic E-state index is -0.485. The first-order valence-electron chi connectivity index (χ1n) is 11.9. The van der Waals surface area contributed by atoms with E-state index in [-0.39, 0.29) is 36.0 Å². The molecule has 1 amide bonds. The van der Waals surface area contributed by atoms with E-state index in [0.29, 0.717) is 12.3 Å². The molecular weight excluding hydrogens is 533 g/mol. The lowest BCUT2D eigenvalue weighted by atomic mass is 9.73. The van der Waals surface area contributed by atoms with Gasteiger partial charge in [-0.2, -0.15) is 0 Å². The van der Waals surface area contributed by atoms with Crippen LogP contribution >= 0.6 is 24.0 Å². The van der Waals surface area contributed by atoms with Gasteiger partial charge in [0.2, 0.25) is 0 Å². The van der Waals surface area contributed by atoms with E-state index in [1.54, 1.807) is 0 Å². The second-order valence-electron chi connectivity index (χ2n) is 8.90. The van der Waals surface area contributed by atoms with Crippen molar-refractivity contribution in [3.05, 3.63) is 29.8 Å². The summed E-state index contributed by atoms with van der Waals surface area (Å²) in [5, 5.41) is 7.02. The van der Waals surface area contributed by atoms with Gasteiger partial charge in [0.05, 0.1) is 19.8 Å². The molecule has 8 nitrogen and oxygen atoms in total. The van der Waals surface area contributed by atoms with Crippen molar-refractivity contribution in [1.82, 2.24) is 15.5 Å². The van der Waals surface area contributed by atoms with E-state index < -0.39 is 5.91 Å². The monoisotopic (exact) mass is 573 g/mol. The third-order valence-electron chi connectivity index (χ3n) is 6.25. The van der Waals surface area contributed by atoms with E-state index >= 15 is 0 Å². The molecule has 1 aromatic rings. The van der Waals surface area contributed by atoms with Crippen molar-refractivity contribution in [2.45, 2.75) is 45.6 Å². The molecule has 0 spiro atoms. The van der Waals surface area contributed by atoms with E-state index in [2.05, 4.69) is 22.5 Å². The van der Waals surface area contributed by atoms with E-state index in [1.807, 2.05) is 24.3 Å². The highest BCUT2D eigenvalue weighted by Crippen LogP contribution is 2.36. The second kappa shape index (κ2) is 14.6. The van der Waals surface area contributed by atoms with Crippen LogP contribution in [0.1, 0.15) is 44.6 Å². The summed E-state index contributed by atoms with van der Waals surface area (Å²) in [6.07, 6.45) is 6.47. The molecule has 0 unspecified atom stereocenters. The SMILES string of the molecule is CCNC(=NCc1cccc(OCC(N)=O)c1)NCC1(CN2CCOCC2)CCCCC1.I. The summed E-state index contributed by atoms with van der Waals surface area (Å²) in [7, 11) is 0. The van der Waals surface area contributed by atoms with Gasteiger partial charge in [-0.3, -0.25) is 9.69 Å². The molecule has 186 valence electrons. The van der Waals surface area contributed by atoms with Crippen molar-refractivity contribution < 1.29 is 14.3 Å². The van der Waals surface area contributed by atoms with Crippen LogP contribution in [0.3, 0.4) is 0 Å². The summed E-state index contributed by atoms with van der Waals surface area (Å²) in [4.78, 5) is 18.3. The average Bonchev–Trinajstić information content (AvgIpc) is 2.81. The van der Waals surface area contributed by atoms with Gasteiger partial charge < -0.3 is 25.8 Å². The van der Waals surface area contributed by atoms with Crippen LogP contribution in [0.2, 0.25) is 0 Å². The lowest BCUT2D eigenvalue weighted by molar-refractivity contribution is -0.119. The molecule has 2 aliphatic rings. The Morgan fingerprint density at radius 2 is 1.97 bits per heavy atom. The number of carbonyl (C=O) groups excluding carboxylic acids is 1. The predicted molar refractivity (Wildman–Crippen MR) is 142 cm³/mol. The number of carbonyl (C=O) groups is 1. The first kappa shape index (κ1) is 27.7. The second-order valence-corrected chi connectivity index (χ2v) is 8.90. The normalized spacial score (nSPS) is 18.8. The minimum absolute atomic E-state index is 0. The molecule has 3 rings (SSSR count). The maximum Gasteiger partial charge on any atom is 0.255 e. The van der Waals surface area contributed by atoms with Gasteiger partial charge in [-0.1, -0.05) is 31.4 Å². The Kier molecular flexibility index (Phi) is 12.3. The topological polar surface area (TPSA) is 101 Å². The number of nitrogens with one attached hydrogen (secondary N) is 2. The van der Waals surface area contributed by atoms with Crippen molar-refractivity contribution in [2.75, 3.05) is 52.5 Å². The molecule has 0 bridgehead atoms. The third kappa shape index (κ3) is 9.66. The zero-order chi connectivity index (χ0) is 22.7. The van der Waals surface area contributed by atoms with Gasteiger partial charge in [-0.25, -0.2) is 4.99 Å². The number of morpholine rings is 1. The van der Waals surface area contributed by atoms with Crippen LogP contribution in [0.4, 0.5) is 0 Å². The van der Waals surface area contributed by atoms with Crippen molar-refractivity contribution in [3.63, 3.8) is 0 Å². The molecule has 2 fully saturated rings. The van der Waals surface area contributed by atoms with Gasteiger partial charge in [0.25, 0.3) is 5.91 Å². The van der Waals surface area contributed by atoms with E-state index in [9.17, 15) is 4.79 Å². The molecule has 33 heavy (non-hydrogen) atoms. The summed E-state index contributed by atoms with van der Waals surface area (Å²) in [5.74, 6) is 0.977. The van der Waals surface area contributed by atoms with Gasteiger partial charge >= 0.3 is 0 Å². The Labute approximate surface area is 215 Å². The predicted octanol–water partition coefficient (Wildman–Crippen LogP) is 2.51. The summed E-state index contributed by atoms with van der Waals surface area (Å²) in [5.41, 5.74) is 6.47. The molecule has 9 heteroatoms.